The number of amides is 1. The highest BCUT2D eigenvalue weighted by molar-refractivity contribution is 5.98. The maximum absolute atomic E-state index is 12.7. The summed E-state index contributed by atoms with van der Waals surface area (Å²) >= 11 is 0. The van der Waals surface area contributed by atoms with Gasteiger partial charge in [-0.2, -0.15) is 5.10 Å². The first-order valence-corrected chi connectivity index (χ1v) is 9.15. The first-order chi connectivity index (χ1) is 12.3. The molecule has 0 spiro atoms. The lowest BCUT2D eigenvalue weighted by atomic mass is 9.87. The van der Waals surface area contributed by atoms with Crippen molar-refractivity contribution in [2.75, 3.05) is 6.54 Å². The van der Waals surface area contributed by atoms with Gasteiger partial charge in [-0.25, -0.2) is 4.68 Å². The quantitative estimate of drug-likeness (QED) is 0.678. The first kappa shape index (κ1) is 19.9. The van der Waals surface area contributed by atoms with E-state index in [1.165, 1.54) is 23.9 Å². The molecule has 8 nitrogen and oxygen atoms in total. The maximum Gasteiger partial charge on any atom is 0.322 e. The van der Waals surface area contributed by atoms with E-state index in [9.17, 15) is 19.5 Å². The van der Waals surface area contributed by atoms with E-state index in [2.05, 4.69) is 10.4 Å². The smallest absolute Gasteiger partial charge is 0.322 e. The highest BCUT2D eigenvalue weighted by atomic mass is 16.4. The molecular formula is C18H27N3O5. The molecule has 1 aromatic heterocycles. The van der Waals surface area contributed by atoms with E-state index in [4.69, 9.17) is 5.11 Å². The molecule has 26 heavy (non-hydrogen) atoms. The molecule has 0 atom stereocenters. The molecule has 1 aliphatic carbocycles. The fourth-order valence-corrected chi connectivity index (χ4v) is 3.35. The number of nitrogens with zero attached hydrogens (tertiary/aromatic N) is 2. The van der Waals surface area contributed by atoms with Crippen LogP contribution >= 0.6 is 0 Å². The molecule has 0 unspecified atom stereocenters. The molecule has 0 aromatic carbocycles. The predicted octanol–water partition coefficient (Wildman–Crippen LogP) is 1.86. The number of rotatable bonds is 7. The number of hydrogen-bond donors (Lipinski definition) is 3. The minimum atomic E-state index is -1.23. The van der Waals surface area contributed by atoms with Crippen LogP contribution in [0.4, 0.5) is 0 Å². The molecule has 1 saturated carbocycles. The van der Waals surface area contributed by atoms with Crippen LogP contribution in [-0.2, 0) is 11.3 Å². The van der Waals surface area contributed by atoms with Crippen molar-refractivity contribution in [2.24, 2.45) is 5.92 Å². The van der Waals surface area contributed by atoms with Gasteiger partial charge in [0.05, 0.1) is 0 Å². The van der Waals surface area contributed by atoms with Gasteiger partial charge in [0.25, 0.3) is 11.5 Å². The fraction of sp³-hybridized carbons (Fsp3) is 0.667. The minimum absolute atomic E-state index is 0.192. The Hall–Kier alpha value is -2.38. The molecule has 1 fully saturated rings. The van der Waals surface area contributed by atoms with Crippen molar-refractivity contribution in [3.63, 3.8) is 0 Å². The fourth-order valence-electron chi connectivity index (χ4n) is 3.35. The van der Waals surface area contributed by atoms with E-state index in [-0.39, 0.29) is 11.6 Å². The number of carbonyl (C=O) groups is 2. The molecule has 144 valence electrons. The van der Waals surface area contributed by atoms with Crippen LogP contribution in [0.2, 0.25) is 0 Å². The highest BCUT2D eigenvalue weighted by Gasteiger charge is 2.25. The Morgan fingerprint density at radius 3 is 2.50 bits per heavy atom. The summed E-state index contributed by atoms with van der Waals surface area (Å²) in [5.41, 5.74) is -0.868. The molecule has 0 bridgehead atoms. The Labute approximate surface area is 152 Å². The summed E-state index contributed by atoms with van der Waals surface area (Å²) < 4.78 is 1.24. The van der Waals surface area contributed by atoms with Crippen LogP contribution in [0, 0.1) is 5.92 Å². The molecule has 8 heteroatoms. The van der Waals surface area contributed by atoms with Crippen LogP contribution in [0.1, 0.15) is 74.3 Å². The zero-order valence-electron chi connectivity index (χ0n) is 15.3. The molecule has 0 aliphatic heterocycles. The number of aromatic nitrogens is 2. The molecule has 0 radical (unpaired) electrons. The molecule has 2 rings (SSSR count). The molecule has 3 N–H and O–H groups in total. The normalized spacial score (nSPS) is 15.2. The van der Waals surface area contributed by atoms with Crippen LogP contribution in [0.3, 0.4) is 0 Å². The van der Waals surface area contributed by atoms with E-state index in [1.54, 1.807) is 13.8 Å². The summed E-state index contributed by atoms with van der Waals surface area (Å²) in [7, 11) is 0. The third kappa shape index (κ3) is 4.83. The number of aryl methyl sites for hydroxylation is 1. The van der Waals surface area contributed by atoms with Crippen molar-refractivity contribution in [3.8, 4) is 5.75 Å². The Bertz CT molecular complexity index is 720. The number of hydrogen-bond acceptors (Lipinski definition) is 5. The lowest BCUT2D eigenvalue weighted by Crippen LogP contribution is -2.37. The van der Waals surface area contributed by atoms with Crippen molar-refractivity contribution < 1.29 is 19.8 Å². The Balaban J connectivity index is 2.30. The third-order valence-electron chi connectivity index (χ3n) is 4.80. The number of carbonyl (C=O) groups excluding carboxylic acids is 1. The van der Waals surface area contributed by atoms with Gasteiger partial charge in [-0.1, -0.05) is 46.0 Å². The van der Waals surface area contributed by atoms with Gasteiger partial charge in [-0.15, -0.1) is 0 Å². The standard InChI is InChI=1S/C18H27N3O5/c1-11(2)15-16(24)14(17(25)19-10-13(22)23)18(26)21(20-15)9-8-12-6-4-3-5-7-12/h11-12,24H,3-10H2,1-2H3,(H,19,25)(H,22,23). The van der Waals surface area contributed by atoms with Gasteiger partial charge in [0, 0.05) is 12.5 Å². The third-order valence-corrected chi connectivity index (χ3v) is 4.80. The summed E-state index contributed by atoms with van der Waals surface area (Å²) in [5, 5.41) is 25.4. The molecule has 0 saturated heterocycles. The summed E-state index contributed by atoms with van der Waals surface area (Å²) in [4.78, 5) is 35.6. The topological polar surface area (TPSA) is 122 Å². The Morgan fingerprint density at radius 2 is 1.92 bits per heavy atom. The number of aromatic hydroxyl groups is 1. The average Bonchev–Trinajstić information content (AvgIpc) is 2.60. The second kappa shape index (κ2) is 8.82. The second-order valence-corrected chi connectivity index (χ2v) is 7.16. The average molecular weight is 365 g/mol. The predicted molar refractivity (Wildman–Crippen MR) is 95.4 cm³/mol. The SMILES string of the molecule is CC(C)c1nn(CCC2CCCCC2)c(=O)c(C(=O)NCC(=O)O)c1O. The summed E-state index contributed by atoms with van der Waals surface area (Å²) in [6.07, 6.45) is 6.71. The maximum atomic E-state index is 12.7. The molecule has 1 amide bonds. The second-order valence-electron chi connectivity index (χ2n) is 7.16. The molecule has 1 aliphatic rings. The van der Waals surface area contributed by atoms with Crippen molar-refractivity contribution in [1.29, 1.82) is 0 Å². The van der Waals surface area contributed by atoms with E-state index in [0.29, 0.717) is 12.5 Å². The van der Waals surface area contributed by atoms with Crippen molar-refractivity contribution in [3.05, 3.63) is 21.6 Å². The largest absolute Gasteiger partial charge is 0.505 e. The van der Waals surface area contributed by atoms with Crippen LogP contribution in [0.5, 0.6) is 5.75 Å². The van der Waals surface area contributed by atoms with Gasteiger partial charge in [-0.3, -0.25) is 14.4 Å². The number of carboxylic acid groups (broad SMARTS) is 1. The zero-order valence-corrected chi connectivity index (χ0v) is 15.3. The summed E-state index contributed by atoms with van der Waals surface area (Å²) in [5.74, 6) is -2.25. The van der Waals surface area contributed by atoms with Crippen LogP contribution in [-0.4, -0.2) is 38.4 Å². The van der Waals surface area contributed by atoms with Gasteiger partial charge in [0.2, 0.25) is 0 Å². The molecular weight excluding hydrogens is 338 g/mol. The minimum Gasteiger partial charge on any atom is -0.505 e. The van der Waals surface area contributed by atoms with Gasteiger partial charge < -0.3 is 15.5 Å². The van der Waals surface area contributed by atoms with Gasteiger partial charge in [-0.05, 0) is 12.3 Å². The number of nitrogens with one attached hydrogen (secondary N) is 1. The zero-order chi connectivity index (χ0) is 19.3. The van der Waals surface area contributed by atoms with Crippen molar-refractivity contribution in [2.45, 2.75) is 64.8 Å². The van der Waals surface area contributed by atoms with Crippen LogP contribution in [0.15, 0.2) is 4.79 Å². The van der Waals surface area contributed by atoms with E-state index >= 15 is 0 Å². The van der Waals surface area contributed by atoms with Crippen LogP contribution < -0.4 is 10.9 Å². The Kier molecular flexibility index (Phi) is 6.76. The van der Waals surface area contributed by atoms with E-state index < -0.39 is 35.3 Å². The van der Waals surface area contributed by atoms with E-state index in [0.717, 1.165) is 19.3 Å². The number of aliphatic carboxylic acids is 1. The molecule has 1 aromatic rings. The first-order valence-electron chi connectivity index (χ1n) is 9.15. The highest BCUT2D eigenvalue weighted by Crippen LogP contribution is 2.27. The molecule has 1 heterocycles. The monoisotopic (exact) mass is 365 g/mol. The lowest BCUT2D eigenvalue weighted by Gasteiger charge is -2.22. The van der Waals surface area contributed by atoms with Gasteiger partial charge in [0.15, 0.2) is 5.75 Å². The summed E-state index contributed by atoms with van der Waals surface area (Å²) in [6, 6.07) is 0. The summed E-state index contributed by atoms with van der Waals surface area (Å²) in [6.45, 7) is 3.36. The van der Waals surface area contributed by atoms with Gasteiger partial charge >= 0.3 is 5.97 Å². The Morgan fingerprint density at radius 1 is 1.27 bits per heavy atom. The van der Waals surface area contributed by atoms with Crippen molar-refractivity contribution in [1.82, 2.24) is 15.1 Å². The van der Waals surface area contributed by atoms with Gasteiger partial charge in [0.1, 0.15) is 17.8 Å². The number of carboxylic acids is 1. The van der Waals surface area contributed by atoms with E-state index in [1.807, 2.05) is 0 Å². The lowest BCUT2D eigenvalue weighted by molar-refractivity contribution is -0.135. The van der Waals surface area contributed by atoms with Crippen molar-refractivity contribution >= 4 is 11.9 Å². The van der Waals surface area contributed by atoms with Crippen LogP contribution in [0.25, 0.3) is 0 Å².